The monoisotopic (exact) mass is 246 g/mol. The number of nitrogens with zero attached hydrogens (tertiary/aromatic N) is 1. The zero-order valence-electron chi connectivity index (χ0n) is 10.9. The number of hydrogen-bond donors (Lipinski definition) is 1. The van der Waals surface area contributed by atoms with Gasteiger partial charge < -0.3 is 14.5 Å². The molecule has 0 fully saturated rings. The summed E-state index contributed by atoms with van der Waals surface area (Å²) in [6.07, 6.45) is 0. The molecule has 4 nitrogen and oxygen atoms in total. The normalized spacial score (nSPS) is 12.4. The van der Waals surface area contributed by atoms with Crippen molar-refractivity contribution >= 4 is 0 Å². The summed E-state index contributed by atoms with van der Waals surface area (Å²) in [4.78, 5) is 4.35. The van der Waals surface area contributed by atoms with Crippen LogP contribution < -0.4 is 10.1 Å². The van der Waals surface area contributed by atoms with Crippen LogP contribution in [0.2, 0.25) is 0 Å². The van der Waals surface area contributed by atoms with Crippen molar-refractivity contribution in [3.05, 3.63) is 47.5 Å². The van der Waals surface area contributed by atoms with E-state index in [-0.39, 0.29) is 6.04 Å². The van der Waals surface area contributed by atoms with E-state index in [2.05, 4.69) is 17.2 Å². The molecule has 0 saturated carbocycles. The van der Waals surface area contributed by atoms with Crippen LogP contribution in [0.25, 0.3) is 0 Å². The van der Waals surface area contributed by atoms with E-state index in [0.29, 0.717) is 12.4 Å². The Morgan fingerprint density at radius 1 is 1.33 bits per heavy atom. The number of pyridine rings is 1. The topological polar surface area (TPSA) is 47.3 Å². The molecule has 0 aliphatic rings. The average molecular weight is 246 g/mol. The highest BCUT2D eigenvalue weighted by molar-refractivity contribution is 5.16. The minimum atomic E-state index is 0.159. The lowest BCUT2D eigenvalue weighted by molar-refractivity contribution is 0.392. The third kappa shape index (κ3) is 3.11. The Hall–Kier alpha value is -1.81. The number of methoxy groups -OCH3 is 1. The lowest BCUT2D eigenvalue weighted by Crippen LogP contribution is -2.18. The highest BCUT2D eigenvalue weighted by atomic mass is 16.5. The molecule has 18 heavy (non-hydrogen) atoms. The Morgan fingerprint density at radius 3 is 2.83 bits per heavy atom. The van der Waals surface area contributed by atoms with Crippen LogP contribution >= 0.6 is 0 Å². The van der Waals surface area contributed by atoms with E-state index in [1.54, 1.807) is 7.11 Å². The fourth-order valence-corrected chi connectivity index (χ4v) is 1.71. The second-order valence-electron chi connectivity index (χ2n) is 4.22. The Kier molecular flexibility index (Phi) is 3.99. The molecule has 0 spiro atoms. The van der Waals surface area contributed by atoms with Gasteiger partial charge >= 0.3 is 0 Å². The van der Waals surface area contributed by atoms with E-state index in [1.165, 1.54) is 0 Å². The van der Waals surface area contributed by atoms with Gasteiger partial charge in [-0.15, -0.1) is 0 Å². The van der Waals surface area contributed by atoms with Crippen LogP contribution in [0, 0.1) is 6.92 Å². The summed E-state index contributed by atoms with van der Waals surface area (Å²) >= 11 is 0. The molecule has 4 heteroatoms. The Bertz CT molecular complexity index is 508. The summed E-state index contributed by atoms with van der Waals surface area (Å²) in [6.45, 7) is 4.69. The van der Waals surface area contributed by atoms with Crippen LogP contribution in [0.4, 0.5) is 0 Å². The Morgan fingerprint density at radius 2 is 2.17 bits per heavy atom. The van der Waals surface area contributed by atoms with Crippen LogP contribution in [0.1, 0.15) is 30.2 Å². The second kappa shape index (κ2) is 5.69. The minimum Gasteiger partial charge on any atom is -0.481 e. The SMILES string of the molecule is COc1cccc(CNC(C)c2ccc(C)o2)n1. The lowest BCUT2D eigenvalue weighted by atomic mass is 10.2. The maximum atomic E-state index is 5.57. The van der Waals surface area contributed by atoms with Gasteiger partial charge in [-0.2, -0.15) is 0 Å². The Balaban J connectivity index is 1.94. The molecule has 0 radical (unpaired) electrons. The van der Waals surface area contributed by atoms with Crippen LogP contribution in [-0.4, -0.2) is 12.1 Å². The van der Waals surface area contributed by atoms with Crippen molar-refractivity contribution in [2.75, 3.05) is 7.11 Å². The van der Waals surface area contributed by atoms with Gasteiger partial charge in [-0.25, -0.2) is 4.98 Å². The Labute approximate surface area is 107 Å². The van der Waals surface area contributed by atoms with Crippen molar-refractivity contribution in [1.82, 2.24) is 10.3 Å². The van der Waals surface area contributed by atoms with E-state index in [1.807, 2.05) is 37.3 Å². The first-order valence-corrected chi connectivity index (χ1v) is 5.98. The second-order valence-corrected chi connectivity index (χ2v) is 4.22. The van der Waals surface area contributed by atoms with Gasteiger partial charge in [0.2, 0.25) is 5.88 Å². The molecule has 0 bridgehead atoms. The lowest BCUT2D eigenvalue weighted by Gasteiger charge is -2.11. The first-order chi connectivity index (χ1) is 8.69. The van der Waals surface area contributed by atoms with Gasteiger partial charge in [0.1, 0.15) is 11.5 Å². The van der Waals surface area contributed by atoms with Crippen LogP contribution in [0.3, 0.4) is 0 Å². The average Bonchev–Trinajstić information content (AvgIpc) is 2.83. The summed E-state index contributed by atoms with van der Waals surface area (Å²) in [5, 5.41) is 3.37. The zero-order valence-corrected chi connectivity index (χ0v) is 10.9. The first kappa shape index (κ1) is 12.6. The first-order valence-electron chi connectivity index (χ1n) is 5.98. The predicted octanol–water partition coefficient (Wildman–Crippen LogP) is 2.84. The van der Waals surface area contributed by atoms with Gasteiger partial charge in [0.05, 0.1) is 18.8 Å². The fourth-order valence-electron chi connectivity index (χ4n) is 1.71. The van der Waals surface area contributed by atoms with Gasteiger partial charge in [0, 0.05) is 12.6 Å². The summed E-state index contributed by atoms with van der Waals surface area (Å²) < 4.78 is 10.7. The number of ether oxygens (including phenoxy) is 1. The molecule has 0 aliphatic carbocycles. The largest absolute Gasteiger partial charge is 0.481 e. The summed E-state index contributed by atoms with van der Waals surface area (Å²) in [5.41, 5.74) is 0.949. The number of nitrogens with one attached hydrogen (secondary N) is 1. The van der Waals surface area contributed by atoms with Gasteiger partial charge in [0.25, 0.3) is 0 Å². The van der Waals surface area contributed by atoms with Crippen LogP contribution in [-0.2, 0) is 6.54 Å². The minimum absolute atomic E-state index is 0.159. The maximum absolute atomic E-state index is 5.57. The van der Waals surface area contributed by atoms with Crippen molar-refractivity contribution in [3.63, 3.8) is 0 Å². The number of furan rings is 1. The maximum Gasteiger partial charge on any atom is 0.213 e. The smallest absolute Gasteiger partial charge is 0.213 e. The molecule has 0 aromatic carbocycles. The van der Waals surface area contributed by atoms with Crippen LogP contribution in [0.5, 0.6) is 5.88 Å². The molecule has 0 aliphatic heterocycles. The van der Waals surface area contributed by atoms with E-state index < -0.39 is 0 Å². The molecule has 0 amide bonds. The van der Waals surface area contributed by atoms with E-state index in [0.717, 1.165) is 17.2 Å². The predicted molar refractivity (Wildman–Crippen MR) is 69.5 cm³/mol. The molecular formula is C14H18N2O2. The van der Waals surface area contributed by atoms with Crippen molar-refractivity contribution in [3.8, 4) is 5.88 Å². The molecule has 1 N–H and O–H groups in total. The standard InChI is InChI=1S/C14H18N2O2/c1-10-7-8-13(18-10)11(2)15-9-12-5-4-6-14(16-12)17-3/h4-8,11,15H,9H2,1-3H3. The molecular weight excluding hydrogens is 228 g/mol. The molecule has 2 aromatic rings. The highest BCUT2D eigenvalue weighted by Crippen LogP contribution is 2.16. The van der Waals surface area contributed by atoms with Crippen LogP contribution in [0.15, 0.2) is 34.7 Å². The van der Waals surface area contributed by atoms with Gasteiger partial charge in [-0.1, -0.05) is 6.07 Å². The third-order valence-electron chi connectivity index (χ3n) is 2.77. The molecule has 2 rings (SSSR count). The van der Waals surface area contributed by atoms with E-state index in [9.17, 15) is 0 Å². The third-order valence-corrected chi connectivity index (χ3v) is 2.77. The van der Waals surface area contributed by atoms with Crippen molar-refractivity contribution in [2.24, 2.45) is 0 Å². The molecule has 2 aromatic heterocycles. The molecule has 96 valence electrons. The fraction of sp³-hybridized carbons (Fsp3) is 0.357. The molecule has 0 saturated heterocycles. The molecule has 2 heterocycles. The van der Waals surface area contributed by atoms with Crippen molar-refractivity contribution in [2.45, 2.75) is 26.4 Å². The number of aryl methyl sites for hydroxylation is 1. The zero-order chi connectivity index (χ0) is 13.0. The van der Waals surface area contributed by atoms with Crippen molar-refractivity contribution < 1.29 is 9.15 Å². The quantitative estimate of drug-likeness (QED) is 0.881. The summed E-state index contributed by atoms with van der Waals surface area (Å²) in [5.74, 6) is 2.50. The summed E-state index contributed by atoms with van der Waals surface area (Å²) in [7, 11) is 1.62. The van der Waals surface area contributed by atoms with E-state index in [4.69, 9.17) is 9.15 Å². The number of hydrogen-bond acceptors (Lipinski definition) is 4. The van der Waals surface area contributed by atoms with Crippen molar-refractivity contribution in [1.29, 1.82) is 0 Å². The summed E-state index contributed by atoms with van der Waals surface area (Å²) in [6, 6.07) is 9.86. The van der Waals surface area contributed by atoms with Gasteiger partial charge in [0.15, 0.2) is 0 Å². The highest BCUT2D eigenvalue weighted by Gasteiger charge is 2.09. The van der Waals surface area contributed by atoms with Gasteiger partial charge in [-0.3, -0.25) is 0 Å². The number of rotatable bonds is 5. The van der Waals surface area contributed by atoms with Gasteiger partial charge in [-0.05, 0) is 32.0 Å². The molecule has 1 atom stereocenters. The molecule has 1 unspecified atom stereocenters. The number of aromatic nitrogens is 1. The van der Waals surface area contributed by atoms with E-state index >= 15 is 0 Å².